The molecule has 1 aliphatic heterocycles. The van der Waals surface area contributed by atoms with Gasteiger partial charge in [0.15, 0.2) is 0 Å². The fourth-order valence-electron chi connectivity index (χ4n) is 5.04. The number of hydrogen-bond acceptors (Lipinski definition) is 6. The monoisotopic (exact) mass is 455 g/mol. The van der Waals surface area contributed by atoms with E-state index >= 15 is 0 Å². The lowest BCUT2D eigenvalue weighted by Crippen LogP contribution is -2.65. The van der Waals surface area contributed by atoms with Crippen LogP contribution in [-0.4, -0.2) is 51.9 Å². The Morgan fingerprint density at radius 3 is 2.84 bits per heavy atom. The molecule has 0 atom stereocenters. The molecule has 32 heavy (non-hydrogen) atoms. The van der Waals surface area contributed by atoms with Crippen LogP contribution in [0.5, 0.6) is 5.75 Å². The molecule has 168 valence electrons. The predicted molar refractivity (Wildman–Crippen MR) is 125 cm³/mol. The zero-order valence-corrected chi connectivity index (χ0v) is 18.9. The van der Waals surface area contributed by atoms with Crippen LogP contribution in [0.1, 0.15) is 18.4 Å². The first-order valence-corrected chi connectivity index (χ1v) is 11.2. The molecule has 8 nitrogen and oxygen atoms in total. The number of benzene rings is 1. The number of pyridine rings is 1. The molecule has 1 spiro atoms. The summed E-state index contributed by atoms with van der Waals surface area (Å²) in [5, 5.41) is 11.0. The summed E-state index contributed by atoms with van der Waals surface area (Å²) in [4.78, 5) is 26.4. The van der Waals surface area contributed by atoms with Gasteiger partial charge in [-0.05, 0) is 37.5 Å². The maximum atomic E-state index is 12.5. The fourth-order valence-corrected chi connectivity index (χ4v) is 5.19. The number of likely N-dealkylation sites (tertiary alicyclic amines) is 1. The molecule has 9 heteroatoms. The van der Waals surface area contributed by atoms with Gasteiger partial charge in [-0.2, -0.15) is 5.10 Å². The summed E-state index contributed by atoms with van der Waals surface area (Å²) in [7, 11) is 1.77. The molecule has 1 saturated carbocycles. The van der Waals surface area contributed by atoms with Gasteiger partial charge in [0.05, 0.1) is 23.4 Å². The molecule has 0 amide bonds. The number of H-pyrrole nitrogens is 1. The SMILES string of the molecule is Cc1ccc(OC2CC3(C2)CN(CCNc2cn[nH]c(=O)c2Cl)C3)c2ccn(C)c(=O)c12. The van der Waals surface area contributed by atoms with Gasteiger partial charge < -0.3 is 19.5 Å². The average Bonchev–Trinajstić information content (AvgIpc) is 2.71. The molecule has 2 aliphatic rings. The second kappa shape index (κ2) is 7.94. The van der Waals surface area contributed by atoms with Crippen LogP contribution in [0.4, 0.5) is 5.69 Å². The van der Waals surface area contributed by atoms with E-state index in [2.05, 4.69) is 20.4 Å². The summed E-state index contributed by atoms with van der Waals surface area (Å²) in [6.45, 7) is 5.63. The highest BCUT2D eigenvalue weighted by Gasteiger charge is 2.53. The van der Waals surface area contributed by atoms with Crippen molar-refractivity contribution >= 4 is 28.1 Å². The highest BCUT2D eigenvalue weighted by Crippen LogP contribution is 2.49. The summed E-state index contributed by atoms with van der Waals surface area (Å²) in [5.74, 6) is 0.798. The van der Waals surface area contributed by atoms with E-state index in [1.807, 2.05) is 25.1 Å². The zero-order valence-electron chi connectivity index (χ0n) is 18.2. The zero-order chi connectivity index (χ0) is 22.5. The summed E-state index contributed by atoms with van der Waals surface area (Å²) < 4.78 is 7.92. The first-order valence-electron chi connectivity index (χ1n) is 10.8. The van der Waals surface area contributed by atoms with Crippen LogP contribution in [0.25, 0.3) is 10.8 Å². The number of halogens is 1. The maximum Gasteiger partial charge on any atom is 0.285 e. The number of anilines is 1. The van der Waals surface area contributed by atoms with Crippen LogP contribution < -0.4 is 21.2 Å². The van der Waals surface area contributed by atoms with Crippen molar-refractivity contribution in [2.75, 3.05) is 31.5 Å². The Morgan fingerprint density at radius 2 is 2.06 bits per heavy atom. The van der Waals surface area contributed by atoms with Crippen molar-refractivity contribution in [2.24, 2.45) is 12.5 Å². The fraction of sp³-hybridized carbons (Fsp3) is 0.435. The third-order valence-corrected chi connectivity index (χ3v) is 7.06. The summed E-state index contributed by atoms with van der Waals surface area (Å²) in [6, 6.07) is 5.91. The van der Waals surface area contributed by atoms with E-state index in [4.69, 9.17) is 16.3 Å². The third kappa shape index (κ3) is 3.67. The van der Waals surface area contributed by atoms with Crippen molar-refractivity contribution in [3.8, 4) is 5.75 Å². The highest BCUT2D eigenvalue weighted by molar-refractivity contribution is 6.32. The first kappa shape index (κ1) is 21.0. The second-order valence-electron chi connectivity index (χ2n) is 9.11. The Labute approximate surface area is 190 Å². The Morgan fingerprint density at radius 1 is 1.28 bits per heavy atom. The van der Waals surface area contributed by atoms with Gasteiger partial charge in [0.1, 0.15) is 10.8 Å². The minimum atomic E-state index is -0.387. The number of aromatic nitrogens is 3. The van der Waals surface area contributed by atoms with Gasteiger partial charge in [0, 0.05) is 50.2 Å². The average molecular weight is 456 g/mol. The van der Waals surface area contributed by atoms with Crippen LogP contribution in [0.2, 0.25) is 5.02 Å². The van der Waals surface area contributed by atoms with Crippen molar-refractivity contribution in [1.82, 2.24) is 19.7 Å². The molecule has 0 bridgehead atoms. The van der Waals surface area contributed by atoms with E-state index in [0.717, 1.165) is 54.6 Å². The lowest BCUT2D eigenvalue weighted by Gasteiger charge is -2.58. The molecule has 3 heterocycles. The lowest BCUT2D eigenvalue weighted by atomic mass is 9.62. The number of rotatable bonds is 6. The Hall–Kier alpha value is -2.84. The van der Waals surface area contributed by atoms with E-state index < -0.39 is 0 Å². The van der Waals surface area contributed by atoms with Gasteiger partial charge in [-0.25, -0.2) is 5.10 Å². The van der Waals surface area contributed by atoms with Gasteiger partial charge in [0.25, 0.3) is 11.1 Å². The standard InChI is InChI=1S/C23H26ClN5O3/c1-14-3-4-18(16-5-7-28(2)22(31)19(14)16)32-15-9-23(10-15)12-29(13-23)8-6-25-17-11-26-27-21(30)20(17)24/h3-5,7,11,15H,6,8-10,12-13H2,1-2H3,(H2,25,27,30). The number of aromatic amines is 1. The normalized spacial score (nSPS) is 17.8. The predicted octanol–water partition coefficient (Wildman–Crippen LogP) is 2.54. The van der Waals surface area contributed by atoms with Crippen LogP contribution in [0.3, 0.4) is 0 Å². The smallest absolute Gasteiger partial charge is 0.285 e. The number of nitrogens with one attached hydrogen (secondary N) is 2. The number of hydrogen-bond donors (Lipinski definition) is 2. The largest absolute Gasteiger partial charge is 0.490 e. The Kier molecular flexibility index (Phi) is 5.22. The van der Waals surface area contributed by atoms with E-state index in [9.17, 15) is 9.59 Å². The molecule has 2 N–H and O–H groups in total. The van der Waals surface area contributed by atoms with E-state index in [1.165, 1.54) is 6.20 Å². The van der Waals surface area contributed by atoms with Gasteiger partial charge >= 0.3 is 0 Å². The van der Waals surface area contributed by atoms with E-state index in [0.29, 0.717) is 17.6 Å². The van der Waals surface area contributed by atoms with Gasteiger partial charge in [-0.15, -0.1) is 0 Å². The van der Waals surface area contributed by atoms with Crippen molar-refractivity contribution in [3.63, 3.8) is 0 Å². The van der Waals surface area contributed by atoms with E-state index in [1.54, 1.807) is 17.8 Å². The van der Waals surface area contributed by atoms with Crippen LogP contribution in [0.15, 0.2) is 40.2 Å². The van der Waals surface area contributed by atoms with Crippen molar-refractivity contribution < 1.29 is 4.74 Å². The van der Waals surface area contributed by atoms with Crippen LogP contribution >= 0.6 is 11.6 Å². The minimum Gasteiger partial charge on any atom is -0.490 e. The second-order valence-corrected chi connectivity index (χ2v) is 9.49. The van der Waals surface area contributed by atoms with E-state index in [-0.39, 0.29) is 22.2 Å². The van der Waals surface area contributed by atoms with Crippen molar-refractivity contribution in [2.45, 2.75) is 25.9 Å². The molecular formula is C23H26ClN5O3. The highest BCUT2D eigenvalue weighted by atomic mass is 35.5. The molecule has 1 aliphatic carbocycles. The molecule has 0 radical (unpaired) electrons. The number of nitrogens with zero attached hydrogens (tertiary/aromatic N) is 3. The number of ether oxygens (including phenoxy) is 1. The van der Waals surface area contributed by atoms with Crippen LogP contribution in [0, 0.1) is 12.3 Å². The quantitative estimate of drug-likeness (QED) is 0.593. The van der Waals surface area contributed by atoms with Crippen molar-refractivity contribution in [3.05, 3.63) is 61.9 Å². The summed E-state index contributed by atoms with van der Waals surface area (Å²) in [6.07, 6.45) is 5.57. The van der Waals surface area contributed by atoms with Crippen LogP contribution in [-0.2, 0) is 7.05 Å². The first-order chi connectivity index (χ1) is 15.3. The molecule has 5 rings (SSSR count). The lowest BCUT2D eigenvalue weighted by molar-refractivity contribution is -0.117. The molecule has 0 unspecified atom stereocenters. The summed E-state index contributed by atoms with van der Waals surface area (Å²) in [5.41, 5.74) is 1.49. The molecular weight excluding hydrogens is 430 g/mol. The summed E-state index contributed by atoms with van der Waals surface area (Å²) >= 11 is 5.98. The number of aryl methyl sites for hydroxylation is 2. The Balaban J connectivity index is 1.13. The van der Waals surface area contributed by atoms with Gasteiger partial charge in [0.2, 0.25) is 0 Å². The molecule has 1 saturated heterocycles. The molecule has 1 aromatic carbocycles. The van der Waals surface area contributed by atoms with Crippen molar-refractivity contribution in [1.29, 1.82) is 0 Å². The number of fused-ring (bicyclic) bond motifs is 1. The third-order valence-electron chi connectivity index (χ3n) is 6.68. The van der Waals surface area contributed by atoms with Gasteiger partial charge in [-0.3, -0.25) is 9.59 Å². The minimum absolute atomic E-state index is 0.0101. The maximum absolute atomic E-state index is 12.5. The Bertz CT molecular complexity index is 1290. The topological polar surface area (TPSA) is 92.2 Å². The molecule has 2 fully saturated rings. The van der Waals surface area contributed by atoms with Gasteiger partial charge in [-0.1, -0.05) is 17.7 Å². The molecule has 2 aromatic heterocycles. The molecule has 3 aromatic rings.